The Hall–Kier alpha value is -3.15. The first-order valence-electron chi connectivity index (χ1n) is 8.35. The summed E-state index contributed by atoms with van der Waals surface area (Å²) in [6.45, 7) is 0.435. The number of ketones is 1. The van der Waals surface area contributed by atoms with E-state index in [4.69, 9.17) is 0 Å². The third-order valence-corrected chi connectivity index (χ3v) is 4.80. The first-order chi connectivity index (χ1) is 12.5. The molecule has 0 bridgehead atoms. The fourth-order valence-electron chi connectivity index (χ4n) is 3.51. The number of carbonyl (C=O) groups is 3. The third kappa shape index (κ3) is 3.44. The molecule has 0 aliphatic carbocycles. The van der Waals surface area contributed by atoms with Gasteiger partial charge in [-0.3, -0.25) is 14.4 Å². The second kappa shape index (κ2) is 7.39. The number of benzene rings is 2. The van der Waals surface area contributed by atoms with Crippen molar-refractivity contribution in [2.45, 2.75) is 18.3 Å². The van der Waals surface area contributed by atoms with E-state index in [-0.39, 0.29) is 12.2 Å². The third-order valence-electron chi connectivity index (χ3n) is 4.80. The Labute approximate surface area is 150 Å². The number of carboxylic acid groups (broad SMARTS) is 2. The van der Waals surface area contributed by atoms with Crippen molar-refractivity contribution < 1.29 is 24.6 Å². The van der Waals surface area contributed by atoms with Gasteiger partial charge in [-0.1, -0.05) is 48.5 Å². The van der Waals surface area contributed by atoms with E-state index in [1.54, 1.807) is 30.3 Å². The van der Waals surface area contributed by atoms with Crippen LogP contribution in [-0.2, 0) is 14.4 Å². The molecule has 2 atom stereocenters. The van der Waals surface area contributed by atoms with Crippen LogP contribution in [0.5, 0.6) is 0 Å². The minimum atomic E-state index is -1.68. The molecule has 1 aliphatic heterocycles. The molecule has 0 fully saturated rings. The van der Waals surface area contributed by atoms with Crippen molar-refractivity contribution in [3.63, 3.8) is 0 Å². The fraction of sp³-hybridized carbons (Fsp3) is 0.250. The molecule has 0 radical (unpaired) electrons. The highest BCUT2D eigenvalue weighted by Gasteiger charge is 2.39. The Morgan fingerprint density at radius 3 is 2.23 bits per heavy atom. The molecule has 3 rings (SSSR count). The molecule has 0 amide bonds. The maximum absolute atomic E-state index is 12.9. The fourth-order valence-corrected chi connectivity index (χ4v) is 3.51. The van der Waals surface area contributed by atoms with E-state index in [0.29, 0.717) is 12.1 Å². The van der Waals surface area contributed by atoms with E-state index in [2.05, 4.69) is 5.32 Å². The normalized spacial score (nSPS) is 16.6. The van der Waals surface area contributed by atoms with Crippen molar-refractivity contribution in [2.24, 2.45) is 5.92 Å². The van der Waals surface area contributed by atoms with Crippen LogP contribution < -0.4 is 5.32 Å². The highest BCUT2D eigenvalue weighted by Crippen LogP contribution is 2.36. The largest absolute Gasteiger partial charge is 0.481 e. The Kier molecular flexibility index (Phi) is 5.02. The van der Waals surface area contributed by atoms with E-state index < -0.39 is 29.7 Å². The molecule has 134 valence electrons. The zero-order valence-electron chi connectivity index (χ0n) is 14.0. The summed E-state index contributed by atoms with van der Waals surface area (Å²) in [7, 11) is 0. The van der Waals surface area contributed by atoms with Gasteiger partial charge in [0.2, 0.25) is 0 Å². The quantitative estimate of drug-likeness (QED) is 0.661. The lowest BCUT2D eigenvalue weighted by Gasteiger charge is -2.22. The van der Waals surface area contributed by atoms with Gasteiger partial charge in [-0.25, -0.2) is 0 Å². The molecule has 3 N–H and O–H groups in total. The van der Waals surface area contributed by atoms with Crippen LogP contribution in [0.4, 0.5) is 5.69 Å². The smallest absolute Gasteiger partial charge is 0.318 e. The van der Waals surface area contributed by atoms with Crippen molar-refractivity contribution >= 4 is 23.4 Å². The van der Waals surface area contributed by atoms with Gasteiger partial charge in [0.1, 0.15) is 5.78 Å². The number of carboxylic acids is 2. The van der Waals surface area contributed by atoms with E-state index in [9.17, 15) is 24.6 Å². The lowest BCUT2D eigenvalue weighted by molar-refractivity contribution is -0.155. The Balaban J connectivity index is 1.90. The molecule has 0 saturated heterocycles. The summed E-state index contributed by atoms with van der Waals surface area (Å²) in [6, 6.07) is 16.0. The maximum atomic E-state index is 12.9. The average molecular weight is 353 g/mol. The van der Waals surface area contributed by atoms with Crippen LogP contribution in [0.15, 0.2) is 54.6 Å². The standard InChI is InChI=1S/C20H19NO5/c22-17(15-11-21-16-9-5-4-8-13(15)16)10-14(12-6-2-1-3-7-12)18(19(23)24)20(25)26/h1-9,14-15,18,21H,10-11H2,(H,23,24)(H,25,26). The predicted molar refractivity (Wildman–Crippen MR) is 95.2 cm³/mol. The van der Waals surface area contributed by atoms with Crippen molar-refractivity contribution in [1.82, 2.24) is 0 Å². The highest BCUT2D eigenvalue weighted by atomic mass is 16.4. The number of hydrogen-bond donors (Lipinski definition) is 3. The number of rotatable bonds is 7. The lowest BCUT2D eigenvalue weighted by Crippen LogP contribution is -2.32. The maximum Gasteiger partial charge on any atom is 0.318 e. The number of fused-ring (bicyclic) bond motifs is 1. The van der Waals surface area contributed by atoms with Gasteiger partial charge in [-0.15, -0.1) is 0 Å². The molecule has 2 aromatic rings. The highest BCUT2D eigenvalue weighted by molar-refractivity contribution is 5.96. The van der Waals surface area contributed by atoms with Crippen LogP contribution in [0.25, 0.3) is 0 Å². The first kappa shape index (κ1) is 17.7. The molecule has 6 nitrogen and oxygen atoms in total. The number of para-hydroxylation sites is 1. The predicted octanol–water partition coefficient (Wildman–Crippen LogP) is 2.72. The summed E-state index contributed by atoms with van der Waals surface area (Å²) >= 11 is 0. The van der Waals surface area contributed by atoms with Crippen molar-refractivity contribution in [3.05, 3.63) is 65.7 Å². The van der Waals surface area contributed by atoms with Gasteiger partial charge >= 0.3 is 11.9 Å². The van der Waals surface area contributed by atoms with Crippen LogP contribution in [0, 0.1) is 5.92 Å². The Bertz CT molecular complexity index is 819. The number of Topliss-reactive ketones (excluding diaryl/α,β-unsaturated/α-hetero) is 1. The van der Waals surface area contributed by atoms with Crippen molar-refractivity contribution in [2.75, 3.05) is 11.9 Å². The molecule has 1 heterocycles. The van der Waals surface area contributed by atoms with Crippen LogP contribution in [0.1, 0.15) is 29.4 Å². The van der Waals surface area contributed by atoms with Gasteiger partial charge < -0.3 is 15.5 Å². The first-order valence-corrected chi connectivity index (χ1v) is 8.35. The molecule has 2 unspecified atom stereocenters. The monoisotopic (exact) mass is 353 g/mol. The Morgan fingerprint density at radius 1 is 0.962 bits per heavy atom. The molecule has 0 spiro atoms. The molecule has 2 aromatic carbocycles. The summed E-state index contributed by atoms with van der Waals surface area (Å²) in [5.41, 5.74) is 2.29. The Morgan fingerprint density at radius 2 is 1.58 bits per heavy atom. The van der Waals surface area contributed by atoms with Crippen molar-refractivity contribution in [3.8, 4) is 0 Å². The van der Waals surface area contributed by atoms with Gasteiger partial charge in [0.15, 0.2) is 5.92 Å². The number of carbonyl (C=O) groups excluding carboxylic acids is 1. The number of anilines is 1. The topological polar surface area (TPSA) is 104 Å². The van der Waals surface area contributed by atoms with Crippen LogP contribution in [0.2, 0.25) is 0 Å². The van der Waals surface area contributed by atoms with Gasteiger partial charge in [0, 0.05) is 24.6 Å². The molecular formula is C20H19NO5. The molecule has 0 aromatic heterocycles. The molecule has 0 saturated carbocycles. The second-order valence-electron chi connectivity index (χ2n) is 6.36. The van der Waals surface area contributed by atoms with Crippen LogP contribution in [0.3, 0.4) is 0 Å². The van der Waals surface area contributed by atoms with E-state index in [1.807, 2.05) is 24.3 Å². The summed E-state index contributed by atoms with van der Waals surface area (Å²) in [5, 5.41) is 22.0. The minimum Gasteiger partial charge on any atom is -0.481 e. The van der Waals surface area contributed by atoms with E-state index in [1.165, 1.54) is 0 Å². The van der Waals surface area contributed by atoms with Gasteiger partial charge in [0.25, 0.3) is 0 Å². The van der Waals surface area contributed by atoms with Crippen molar-refractivity contribution in [1.29, 1.82) is 0 Å². The number of aliphatic carboxylic acids is 2. The zero-order valence-corrected chi connectivity index (χ0v) is 14.0. The van der Waals surface area contributed by atoms with E-state index >= 15 is 0 Å². The lowest BCUT2D eigenvalue weighted by atomic mass is 9.79. The molecule has 26 heavy (non-hydrogen) atoms. The van der Waals surface area contributed by atoms with E-state index in [0.717, 1.165) is 11.3 Å². The summed E-state index contributed by atoms with van der Waals surface area (Å²) in [5.74, 6) is -6.05. The molecular weight excluding hydrogens is 334 g/mol. The summed E-state index contributed by atoms with van der Waals surface area (Å²) < 4.78 is 0. The van der Waals surface area contributed by atoms with Gasteiger partial charge in [0.05, 0.1) is 5.92 Å². The van der Waals surface area contributed by atoms with Crippen LogP contribution in [-0.4, -0.2) is 34.5 Å². The summed E-state index contributed by atoms with van der Waals surface area (Å²) in [6.07, 6.45) is -0.145. The summed E-state index contributed by atoms with van der Waals surface area (Å²) in [4.78, 5) is 36.0. The van der Waals surface area contributed by atoms with Crippen LogP contribution >= 0.6 is 0 Å². The molecule has 1 aliphatic rings. The molecule has 6 heteroatoms. The zero-order chi connectivity index (χ0) is 18.7. The average Bonchev–Trinajstić information content (AvgIpc) is 3.05. The number of hydrogen-bond acceptors (Lipinski definition) is 4. The number of nitrogens with one attached hydrogen (secondary N) is 1. The second-order valence-corrected chi connectivity index (χ2v) is 6.36. The minimum absolute atomic E-state index is 0.145. The van der Waals surface area contributed by atoms with Gasteiger partial charge in [-0.05, 0) is 17.2 Å². The van der Waals surface area contributed by atoms with Gasteiger partial charge in [-0.2, -0.15) is 0 Å². The SMILES string of the molecule is O=C(CC(c1ccccc1)C(C(=O)O)C(=O)O)C1CNc2ccccc21.